The van der Waals surface area contributed by atoms with E-state index < -0.39 is 4.92 Å². The van der Waals surface area contributed by atoms with Crippen LogP contribution < -0.4 is 21.0 Å². The van der Waals surface area contributed by atoms with Crippen molar-refractivity contribution in [3.63, 3.8) is 0 Å². The molecule has 37 heavy (non-hydrogen) atoms. The largest absolute Gasteiger partial charge is 0.378 e. The Hall–Kier alpha value is -5.06. The van der Waals surface area contributed by atoms with Crippen molar-refractivity contribution in [3.8, 4) is 0 Å². The number of hydrogen-bond acceptors (Lipinski definition) is 10. The van der Waals surface area contributed by atoms with Crippen LogP contribution in [0.5, 0.6) is 0 Å². The molecule has 0 aliphatic heterocycles. The van der Waals surface area contributed by atoms with Crippen molar-refractivity contribution in [2.24, 2.45) is 5.10 Å². The van der Waals surface area contributed by atoms with Gasteiger partial charge in [0, 0.05) is 43.3 Å². The third kappa shape index (κ3) is 6.75. The van der Waals surface area contributed by atoms with Gasteiger partial charge in [-0.05, 0) is 66.9 Å². The number of rotatable bonds is 9. The summed E-state index contributed by atoms with van der Waals surface area (Å²) in [5.74, 6) is 0.755. The molecule has 3 N–H and O–H groups in total. The van der Waals surface area contributed by atoms with Crippen LogP contribution in [0.25, 0.3) is 0 Å². The van der Waals surface area contributed by atoms with Crippen molar-refractivity contribution < 1.29 is 4.92 Å². The van der Waals surface area contributed by atoms with Crippen molar-refractivity contribution in [1.29, 1.82) is 0 Å². The molecule has 4 aromatic rings. The Kier molecular flexibility index (Phi) is 7.53. The van der Waals surface area contributed by atoms with Crippen LogP contribution >= 0.6 is 0 Å². The normalized spacial score (nSPS) is 10.8. The first-order valence-corrected chi connectivity index (χ1v) is 11.4. The van der Waals surface area contributed by atoms with Crippen molar-refractivity contribution in [2.75, 3.05) is 35.1 Å². The van der Waals surface area contributed by atoms with Crippen molar-refractivity contribution in [3.05, 3.63) is 93.5 Å². The summed E-state index contributed by atoms with van der Waals surface area (Å²) in [5, 5.41) is 21.5. The standard InChI is InChI=1S/C26H27N9O2/c1-17-5-8-21(15-18(17)2)29-25-30-24(28-20-9-13-23(14-10-20)35(36)37)31-26(32-25)33-27-16-19-6-11-22(12-7-19)34(3)4/h5-16H,1-4H3,(H3,28,29,30,31,32,33). The van der Waals surface area contributed by atoms with Crippen LogP contribution in [-0.4, -0.2) is 40.2 Å². The fraction of sp³-hybridized carbons (Fsp3) is 0.154. The van der Waals surface area contributed by atoms with Crippen LogP contribution in [0.2, 0.25) is 0 Å². The summed E-state index contributed by atoms with van der Waals surface area (Å²) in [4.78, 5) is 25.8. The molecule has 1 aromatic heterocycles. The third-order valence-corrected chi connectivity index (χ3v) is 5.52. The predicted octanol–water partition coefficient (Wildman–Crippen LogP) is 5.40. The van der Waals surface area contributed by atoms with Gasteiger partial charge in [-0.1, -0.05) is 18.2 Å². The van der Waals surface area contributed by atoms with Crippen LogP contribution in [0.1, 0.15) is 16.7 Å². The Morgan fingerprint density at radius 3 is 2.00 bits per heavy atom. The van der Waals surface area contributed by atoms with E-state index in [2.05, 4.69) is 36.1 Å². The highest BCUT2D eigenvalue weighted by Crippen LogP contribution is 2.22. The summed E-state index contributed by atoms with van der Waals surface area (Å²) >= 11 is 0. The van der Waals surface area contributed by atoms with Gasteiger partial charge in [0.2, 0.25) is 17.8 Å². The number of aromatic nitrogens is 3. The number of benzene rings is 3. The molecule has 188 valence electrons. The molecule has 0 aliphatic carbocycles. The monoisotopic (exact) mass is 497 g/mol. The van der Waals surface area contributed by atoms with E-state index in [1.165, 1.54) is 17.7 Å². The molecule has 11 nitrogen and oxygen atoms in total. The summed E-state index contributed by atoms with van der Waals surface area (Å²) in [5.41, 5.74) is 8.57. The molecule has 0 atom stereocenters. The van der Waals surface area contributed by atoms with Gasteiger partial charge in [0.1, 0.15) is 0 Å². The van der Waals surface area contributed by atoms with Gasteiger partial charge in [-0.25, -0.2) is 5.43 Å². The molecule has 3 aromatic carbocycles. The second kappa shape index (κ2) is 11.1. The Morgan fingerprint density at radius 1 is 0.811 bits per heavy atom. The lowest BCUT2D eigenvalue weighted by molar-refractivity contribution is -0.384. The summed E-state index contributed by atoms with van der Waals surface area (Å²) in [6, 6.07) is 19.9. The van der Waals surface area contributed by atoms with Gasteiger partial charge in [-0.15, -0.1) is 0 Å². The van der Waals surface area contributed by atoms with Crippen LogP contribution in [-0.2, 0) is 0 Å². The van der Waals surface area contributed by atoms with Gasteiger partial charge < -0.3 is 15.5 Å². The molecular formula is C26H27N9O2. The molecule has 0 radical (unpaired) electrons. The summed E-state index contributed by atoms with van der Waals surface area (Å²) in [7, 11) is 3.97. The first-order chi connectivity index (χ1) is 17.8. The average Bonchev–Trinajstić information content (AvgIpc) is 2.87. The van der Waals surface area contributed by atoms with Gasteiger partial charge in [-0.2, -0.15) is 20.1 Å². The number of nitro groups is 1. The van der Waals surface area contributed by atoms with Gasteiger partial charge in [0.15, 0.2) is 0 Å². The highest BCUT2D eigenvalue weighted by atomic mass is 16.6. The topological polar surface area (TPSA) is 134 Å². The van der Waals surface area contributed by atoms with Crippen molar-refractivity contribution in [1.82, 2.24) is 15.0 Å². The number of non-ortho nitro benzene ring substituents is 1. The molecule has 0 fully saturated rings. The summed E-state index contributed by atoms with van der Waals surface area (Å²) in [6.07, 6.45) is 1.67. The highest BCUT2D eigenvalue weighted by molar-refractivity contribution is 5.80. The lowest BCUT2D eigenvalue weighted by Crippen LogP contribution is -2.08. The molecule has 4 rings (SSSR count). The molecule has 0 saturated carbocycles. The minimum absolute atomic E-state index is 0.00593. The Labute approximate surface area is 214 Å². The molecular weight excluding hydrogens is 470 g/mol. The van der Waals surface area contributed by atoms with Gasteiger partial charge in [0.05, 0.1) is 11.1 Å². The van der Waals surface area contributed by atoms with E-state index in [9.17, 15) is 10.1 Å². The average molecular weight is 498 g/mol. The fourth-order valence-electron chi connectivity index (χ4n) is 3.30. The predicted molar refractivity (Wildman–Crippen MR) is 147 cm³/mol. The van der Waals surface area contributed by atoms with Crippen LogP contribution in [0, 0.1) is 24.0 Å². The zero-order chi connectivity index (χ0) is 26.4. The van der Waals surface area contributed by atoms with E-state index in [4.69, 9.17) is 0 Å². The first kappa shape index (κ1) is 25.0. The lowest BCUT2D eigenvalue weighted by atomic mass is 10.1. The maximum Gasteiger partial charge on any atom is 0.269 e. The zero-order valence-corrected chi connectivity index (χ0v) is 20.9. The Balaban J connectivity index is 1.57. The molecule has 1 heterocycles. The molecule has 11 heteroatoms. The minimum atomic E-state index is -0.452. The zero-order valence-electron chi connectivity index (χ0n) is 20.9. The molecule has 0 aliphatic rings. The van der Waals surface area contributed by atoms with Crippen molar-refractivity contribution in [2.45, 2.75) is 13.8 Å². The highest BCUT2D eigenvalue weighted by Gasteiger charge is 2.10. The van der Waals surface area contributed by atoms with E-state index in [0.717, 1.165) is 22.5 Å². The number of nitrogens with zero attached hydrogens (tertiary/aromatic N) is 6. The number of hydrazone groups is 1. The van der Waals surface area contributed by atoms with E-state index in [-0.39, 0.29) is 17.6 Å². The van der Waals surface area contributed by atoms with E-state index in [1.54, 1.807) is 18.3 Å². The van der Waals surface area contributed by atoms with Gasteiger partial charge >= 0.3 is 0 Å². The van der Waals surface area contributed by atoms with Crippen LogP contribution in [0.3, 0.4) is 0 Å². The summed E-state index contributed by atoms with van der Waals surface area (Å²) < 4.78 is 0. The van der Waals surface area contributed by atoms with Crippen LogP contribution in [0.4, 0.5) is 40.6 Å². The fourth-order valence-corrected chi connectivity index (χ4v) is 3.30. The third-order valence-electron chi connectivity index (χ3n) is 5.52. The lowest BCUT2D eigenvalue weighted by Gasteiger charge is -2.12. The van der Waals surface area contributed by atoms with Gasteiger partial charge in [0.25, 0.3) is 5.69 Å². The molecule has 0 unspecified atom stereocenters. The SMILES string of the molecule is Cc1ccc(Nc2nc(NN=Cc3ccc(N(C)C)cc3)nc(Nc3ccc([N+](=O)[O-])cc3)n2)cc1C. The second-order valence-electron chi connectivity index (χ2n) is 8.52. The van der Waals surface area contributed by atoms with Crippen molar-refractivity contribution >= 4 is 46.8 Å². The van der Waals surface area contributed by atoms with Gasteiger partial charge in [-0.3, -0.25) is 10.1 Å². The number of nitro benzene ring substituents is 1. The Bertz CT molecular complexity index is 1420. The van der Waals surface area contributed by atoms with E-state index in [1.807, 2.05) is 75.3 Å². The number of nitrogens with one attached hydrogen (secondary N) is 3. The number of aryl methyl sites for hydroxylation is 2. The maximum atomic E-state index is 10.9. The molecule has 0 spiro atoms. The molecule has 0 amide bonds. The van der Waals surface area contributed by atoms with E-state index in [0.29, 0.717) is 11.6 Å². The smallest absolute Gasteiger partial charge is 0.269 e. The molecule has 0 saturated heterocycles. The minimum Gasteiger partial charge on any atom is -0.378 e. The maximum absolute atomic E-state index is 10.9. The first-order valence-electron chi connectivity index (χ1n) is 11.4. The number of hydrogen-bond donors (Lipinski definition) is 3. The second-order valence-corrected chi connectivity index (χ2v) is 8.52. The quantitative estimate of drug-likeness (QED) is 0.158. The Morgan fingerprint density at radius 2 is 1.41 bits per heavy atom. The summed E-state index contributed by atoms with van der Waals surface area (Å²) in [6.45, 7) is 4.07. The van der Waals surface area contributed by atoms with E-state index >= 15 is 0 Å². The molecule has 0 bridgehead atoms. The number of anilines is 6. The van der Waals surface area contributed by atoms with Crippen LogP contribution in [0.15, 0.2) is 71.8 Å².